The predicted octanol–water partition coefficient (Wildman–Crippen LogP) is 1.89. The maximum atomic E-state index is 11.4. The molecule has 0 aromatic heterocycles. The Morgan fingerprint density at radius 3 is 2.65 bits per heavy atom. The Labute approximate surface area is 120 Å². The van der Waals surface area contributed by atoms with E-state index in [0.717, 1.165) is 38.2 Å². The average Bonchev–Trinajstić information content (AvgIpc) is 2.46. The highest BCUT2D eigenvalue weighted by Crippen LogP contribution is 2.27. The number of carboxylic acid groups (broad SMARTS) is 1. The number of anilines is 2. The number of likely N-dealkylation sites (tertiary alicyclic amines) is 1. The molecule has 5 heteroatoms. The number of hydrogen-bond donors (Lipinski definition) is 2. The van der Waals surface area contributed by atoms with Crippen LogP contribution in [0.2, 0.25) is 0 Å². The number of nitrogen functional groups attached to an aromatic ring is 1. The molecule has 0 bridgehead atoms. The maximum absolute atomic E-state index is 11.4. The van der Waals surface area contributed by atoms with Crippen LogP contribution in [0, 0.1) is 0 Å². The molecular weight excluding hydrogens is 254 g/mol. The molecule has 1 aliphatic rings. The van der Waals surface area contributed by atoms with Gasteiger partial charge in [0.15, 0.2) is 0 Å². The van der Waals surface area contributed by atoms with Gasteiger partial charge < -0.3 is 20.6 Å². The Hall–Kier alpha value is -1.75. The zero-order valence-electron chi connectivity index (χ0n) is 12.2. The van der Waals surface area contributed by atoms with E-state index >= 15 is 0 Å². The fourth-order valence-corrected chi connectivity index (χ4v) is 2.85. The molecule has 5 nitrogen and oxygen atoms in total. The van der Waals surface area contributed by atoms with Crippen LogP contribution in [-0.2, 0) is 0 Å². The summed E-state index contributed by atoms with van der Waals surface area (Å²) < 4.78 is 0. The predicted molar refractivity (Wildman–Crippen MR) is 81.4 cm³/mol. The summed E-state index contributed by atoms with van der Waals surface area (Å²) in [5, 5.41) is 9.33. The van der Waals surface area contributed by atoms with Gasteiger partial charge in [0.25, 0.3) is 0 Å². The summed E-state index contributed by atoms with van der Waals surface area (Å²) >= 11 is 0. The number of carboxylic acids is 1. The fraction of sp³-hybridized carbons (Fsp3) is 0.533. The van der Waals surface area contributed by atoms with Crippen LogP contribution in [0.4, 0.5) is 11.4 Å². The van der Waals surface area contributed by atoms with E-state index in [-0.39, 0.29) is 5.56 Å². The number of rotatable bonds is 4. The van der Waals surface area contributed by atoms with Crippen LogP contribution in [0.15, 0.2) is 18.2 Å². The summed E-state index contributed by atoms with van der Waals surface area (Å²) in [7, 11) is 1.98. The van der Waals surface area contributed by atoms with Crippen molar-refractivity contribution in [3.05, 3.63) is 23.8 Å². The van der Waals surface area contributed by atoms with Crippen molar-refractivity contribution >= 4 is 17.3 Å². The van der Waals surface area contributed by atoms with Gasteiger partial charge in [-0.3, -0.25) is 0 Å². The molecule has 1 aromatic carbocycles. The quantitative estimate of drug-likeness (QED) is 0.822. The third-order valence-electron chi connectivity index (χ3n) is 4.18. The van der Waals surface area contributed by atoms with Crippen LogP contribution >= 0.6 is 0 Å². The van der Waals surface area contributed by atoms with Gasteiger partial charge in [-0.1, -0.05) is 6.92 Å². The van der Waals surface area contributed by atoms with Crippen molar-refractivity contribution in [1.29, 1.82) is 0 Å². The SMILES string of the molecule is CCN1CCC(N(C)c2ccc(N)cc2C(=O)O)CC1. The van der Waals surface area contributed by atoms with Gasteiger partial charge in [0.2, 0.25) is 0 Å². The summed E-state index contributed by atoms with van der Waals surface area (Å²) in [6.45, 7) is 5.40. The van der Waals surface area contributed by atoms with E-state index in [1.54, 1.807) is 6.07 Å². The van der Waals surface area contributed by atoms with Crippen LogP contribution in [0.1, 0.15) is 30.1 Å². The molecule has 0 radical (unpaired) electrons. The lowest BCUT2D eigenvalue weighted by molar-refractivity contribution is 0.0697. The van der Waals surface area contributed by atoms with Gasteiger partial charge in [0, 0.05) is 31.9 Å². The third-order valence-corrected chi connectivity index (χ3v) is 4.18. The first kappa shape index (κ1) is 14.7. The van der Waals surface area contributed by atoms with Crippen molar-refractivity contribution in [3.8, 4) is 0 Å². The second kappa shape index (κ2) is 6.13. The number of carbonyl (C=O) groups is 1. The van der Waals surface area contributed by atoms with Crippen molar-refractivity contribution in [2.24, 2.45) is 0 Å². The molecule has 1 aromatic rings. The van der Waals surface area contributed by atoms with Gasteiger partial charge in [-0.25, -0.2) is 4.79 Å². The lowest BCUT2D eigenvalue weighted by Gasteiger charge is -2.38. The van der Waals surface area contributed by atoms with Crippen molar-refractivity contribution in [2.45, 2.75) is 25.8 Å². The van der Waals surface area contributed by atoms with Crippen LogP contribution in [0.3, 0.4) is 0 Å². The monoisotopic (exact) mass is 277 g/mol. The van der Waals surface area contributed by atoms with Crippen LogP contribution in [0.25, 0.3) is 0 Å². The largest absolute Gasteiger partial charge is 0.478 e. The number of aromatic carboxylic acids is 1. The summed E-state index contributed by atoms with van der Waals surface area (Å²) in [5.74, 6) is -0.926. The van der Waals surface area contributed by atoms with E-state index in [1.165, 1.54) is 6.07 Å². The highest BCUT2D eigenvalue weighted by Gasteiger charge is 2.24. The molecule has 0 saturated carbocycles. The average molecular weight is 277 g/mol. The first-order valence-electron chi connectivity index (χ1n) is 7.11. The van der Waals surface area contributed by atoms with E-state index in [4.69, 9.17) is 5.73 Å². The van der Waals surface area contributed by atoms with E-state index in [9.17, 15) is 9.90 Å². The zero-order chi connectivity index (χ0) is 14.7. The van der Waals surface area contributed by atoms with Crippen LogP contribution < -0.4 is 10.6 Å². The number of nitrogens with zero attached hydrogens (tertiary/aromatic N) is 2. The number of nitrogens with two attached hydrogens (primary N) is 1. The van der Waals surface area contributed by atoms with Gasteiger partial charge in [0.05, 0.1) is 11.3 Å². The molecule has 0 atom stereocenters. The topological polar surface area (TPSA) is 69.8 Å². The molecule has 1 heterocycles. The Balaban J connectivity index is 2.17. The molecule has 20 heavy (non-hydrogen) atoms. The fourth-order valence-electron chi connectivity index (χ4n) is 2.85. The molecule has 0 unspecified atom stereocenters. The minimum atomic E-state index is -0.926. The Morgan fingerprint density at radius 1 is 1.45 bits per heavy atom. The molecule has 110 valence electrons. The molecular formula is C15H23N3O2. The molecule has 3 N–H and O–H groups in total. The van der Waals surface area contributed by atoms with Crippen molar-refractivity contribution in [2.75, 3.05) is 37.3 Å². The van der Waals surface area contributed by atoms with E-state index in [2.05, 4.69) is 16.7 Å². The highest BCUT2D eigenvalue weighted by molar-refractivity contribution is 5.95. The van der Waals surface area contributed by atoms with Gasteiger partial charge in [-0.2, -0.15) is 0 Å². The molecule has 2 rings (SSSR count). The van der Waals surface area contributed by atoms with Gasteiger partial charge >= 0.3 is 5.97 Å². The highest BCUT2D eigenvalue weighted by atomic mass is 16.4. The Morgan fingerprint density at radius 2 is 2.10 bits per heavy atom. The standard InChI is InChI=1S/C15H23N3O2/c1-3-18-8-6-12(7-9-18)17(2)14-5-4-11(16)10-13(14)15(19)20/h4-5,10,12H,3,6-9,16H2,1-2H3,(H,19,20). The second-order valence-electron chi connectivity index (χ2n) is 5.36. The van der Waals surface area contributed by atoms with Crippen molar-refractivity contribution < 1.29 is 9.90 Å². The Bertz CT molecular complexity index is 482. The molecule has 0 aliphatic carbocycles. The smallest absolute Gasteiger partial charge is 0.337 e. The second-order valence-corrected chi connectivity index (χ2v) is 5.36. The summed E-state index contributed by atoms with van der Waals surface area (Å²) in [6.07, 6.45) is 2.13. The first-order chi connectivity index (χ1) is 9.52. The van der Waals surface area contributed by atoms with Gasteiger partial charge in [-0.05, 0) is 37.6 Å². The van der Waals surface area contributed by atoms with Gasteiger partial charge in [-0.15, -0.1) is 0 Å². The molecule has 1 fully saturated rings. The minimum Gasteiger partial charge on any atom is -0.478 e. The van der Waals surface area contributed by atoms with E-state index in [0.29, 0.717) is 11.7 Å². The lowest BCUT2D eigenvalue weighted by atomic mass is 10.0. The third kappa shape index (κ3) is 3.04. The normalized spacial score (nSPS) is 17.1. The minimum absolute atomic E-state index is 0.283. The number of benzene rings is 1. The van der Waals surface area contributed by atoms with Gasteiger partial charge in [0.1, 0.15) is 0 Å². The van der Waals surface area contributed by atoms with Crippen molar-refractivity contribution in [3.63, 3.8) is 0 Å². The van der Waals surface area contributed by atoms with E-state index in [1.807, 2.05) is 13.1 Å². The summed E-state index contributed by atoms with van der Waals surface area (Å²) in [4.78, 5) is 15.9. The molecule has 1 saturated heterocycles. The van der Waals surface area contributed by atoms with Crippen molar-refractivity contribution in [1.82, 2.24) is 4.90 Å². The lowest BCUT2D eigenvalue weighted by Crippen LogP contribution is -2.43. The number of hydrogen-bond acceptors (Lipinski definition) is 4. The van der Waals surface area contributed by atoms with E-state index < -0.39 is 5.97 Å². The Kier molecular flexibility index (Phi) is 4.49. The number of piperidine rings is 1. The van der Waals surface area contributed by atoms with Crippen LogP contribution in [0.5, 0.6) is 0 Å². The summed E-state index contributed by atoms with van der Waals surface area (Å²) in [6, 6.07) is 5.50. The summed E-state index contributed by atoms with van der Waals surface area (Å²) in [5.41, 5.74) is 7.21. The first-order valence-corrected chi connectivity index (χ1v) is 7.11. The van der Waals surface area contributed by atoms with Crippen LogP contribution in [-0.4, -0.2) is 48.7 Å². The molecule has 0 amide bonds. The maximum Gasteiger partial charge on any atom is 0.337 e. The zero-order valence-corrected chi connectivity index (χ0v) is 12.2. The molecule has 0 spiro atoms. The molecule has 1 aliphatic heterocycles.